The molecule has 5 heteroatoms. The highest BCUT2D eigenvalue weighted by molar-refractivity contribution is 7.99. The van der Waals surface area contributed by atoms with Crippen molar-refractivity contribution in [3.05, 3.63) is 30.1 Å². The first-order valence-electron chi connectivity index (χ1n) is 8.33. The fourth-order valence-electron chi connectivity index (χ4n) is 3.34. The van der Waals surface area contributed by atoms with E-state index in [0.29, 0.717) is 11.9 Å². The second-order valence-corrected chi connectivity index (χ2v) is 7.41. The lowest BCUT2D eigenvalue weighted by Crippen LogP contribution is -2.44. The summed E-state index contributed by atoms with van der Waals surface area (Å²) in [5.41, 5.74) is 1.09. The Morgan fingerprint density at radius 2 is 2.00 bits per heavy atom. The first-order chi connectivity index (χ1) is 10.8. The Kier molecular flexibility index (Phi) is 5.73. The van der Waals surface area contributed by atoms with Gasteiger partial charge in [-0.2, -0.15) is 11.8 Å². The van der Waals surface area contributed by atoms with Crippen molar-refractivity contribution in [3.63, 3.8) is 0 Å². The summed E-state index contributed by atoms with van der Waals surface area (Å²) in [4.78, 5) is 19.0. The van der Waals surface area contributed by atoms with Crippen molar-refractivity contribution in [2.24, 2.45) is 5.92 Å². The zero-order valence-corrected chi connectivity index (χ0v) is 13.9. The van der Waals surface area contributed by atoms with Gasteiger partial charge in [-0.3, -0.25) is 9.78 Å². The number of hydrogen-bond acceptors (Lipinski definition) is 4. The van der Waals surface area contributed by atoms with Crippen LogP contribution in [0, 0.1) is 5.92 Å². The van der Waals surface area contributed by atoms with Crippen molar-refractivity contribution in [2.75, 3.05) is 24.6 Å². The number of hydrogen-bond donors (Lipinski definition) is 1. The standard InChI is InChI=1S/C17H25N3OS/c21-17(20-9-11-22-12-10-20)14-4-6-15(7-5-14)19-13-16-3-1-2-8-18-16/h1-3,8,14-15,19H,4-7,9-13H2. The number of nitrogens with zero attached hydrogens (tertiary/aromatic N) is 2. The number of rotatable bonds is 4. The molecule has 4 nitrogen and oxygen atoms in total. The van der Waals surface area contributed by atoms with E-state index in [1.54, 1.807) is 0 Å². The predicted octanol–water partition coefficient (Wildman–Crippen LogP) is 2.31. The van der Waals surface area contributed by atoms with E-state index < -0.39 is 0 Å². The van der Waals surface area contributed by atoms with Gasteiger partial charge in [-0.05, 0) is 37.8 Å². The molecule has 120 valence electrons. The molecule has 3 rings (SSSR count). The summed E-state index contributed by atoms with van der Waals surface area (Å²) in [6.07, 6.45) is 6.10. The number of pyridine rings is 1. The Labute approximate surface area is 137 Å². The molecule has 22 heavy (non-hydrogen) atoms. The van der Waals surface area contributed by atoms with Crippen LogP contribution in [0.25, 0.3) is 0 Å². The molecule has 0 unspecified atom stereocenters. The first kappa shape index (κ1) is 15.8. The minimum Gasteiger partial charge on any atom is -0.341 e. The first-order valence-corrected chi connectivity index (χ1v) is 9.48. The van der Waals surface area contributed by atoms with E-state index in [0.717, 1.165) is 62.5 Å². The lowest BCUT2D eigenvalue weighted by atomic mass is 9.85. The molecule has 2 aliphatic rings. The van der Waals surface area contributed by atoms with Crippen LogP contribution < -0.4 is 5.32 Å². The van der Waals surface area contributed by atoms with E-state index in [1.165, 1.54) is 0 Å². The average molecular weight is 319 g/mol. The van der Waals surface area contributed by atoms with Crippen molar-refractivity contribution in [1.82, 2.24) is 15.2 Å². The fourth-order valence-corrected chi connectivity index (χ4v) is 4.24. The molecule has 1 aromatic rings. The molecule has 2 heterocycles. The zero-order chi connectivity index (χ0) is 15.2. The van der Waals surface area contributed by atoms with Gasteiger partial charge in [-0.1, -0.05) is 6.07 Å². The van der Waals surface area contributed by atoms with Crippen molar-refractivity contribution in [2.45, 2.75) is 38.3 Å². The van der Waals surface area contributed by atoms with Gasteiger partial charge >= 0.3 is 0 Å². The fraction of sp³-hybridized carbons (Fsp3) is 0.647. The zero-order valence-electron chi connectivity index (χ0n) is 13.0. The Morgan fingerprint density at radius 3 is 2.68 bits per heavy atom. The van der Waals surface area contributed by atoms with Gasteiger partial charge in [-0.25, -0.2) is 0 Å². The third kappa shape index (κ3) is 4.23. The van der Waals surface area contributed by atoms with E-state index >= 15 is 0 Å². The van der Waals surface area contributed by atoms with Crippen molar-refractivity contribution < 1.29 is 4.79 Å². The van der Waals surface area contributed by atoms with Gasteiger partial charge in [0.15, 0.2) is 0 Å². The van der Waals surface area contributed by atoms with E-state index in [9.17, 15) is 4.79 Å². The SMILES string of the molecule is O=C(C1CCC(NCc2ccccn2)CC1)N1CCSCC1. The van der Waals surface area contributed by atoms with Gasteiger partial charge in [0, 0.05) is 49.3 Å². The smallest absolute Gasteiger partial charge is 0.225 e. The van der Waals surface area contributed by atoms with E-state index in [-0.39, 0.29) is 5.92 Å². The molecule has 1 aromatic heterocycles. The number of carbonyl (C=O) groups is 1. The summed E-state index contributed by atoms with van der Waals surface area (Å²) in [5.74, 6) is 2.87. The van der Waals surface area contributed by atoms with Crippen LogP contribution in [-0.4, -0.2) is 46.4 Å². The van der Waals surface area contributed by atoms with Crippen LogP contribution in [0.3, 0.4) is 0 Å². The summed E-state index contributed by atoms with van der Waals surface area (Å²) in [5, 5.41) is 3.59. The molecule has 0 radical (unpaired) electrons. The van der Waals surface area contributed by atoms with Crippen molar-refractivity contribution in [1.29, 1.82) is 0 Å². The minimum absolute atomic E-state index is 0.260. The largest absolute Gasteiger partial charge is 0.341 e. The maximum atomic E-state index is 12.5. The topological polar surface area (TPSA) is 45.2 Å². The van der Waals surface area contributed by atoms with Crippen LogP contribution >= 0.6 is 11.8 Å². The number of thioether (sulfide) groups is 1. The number of carbonyl (C=O) groups excluding carboxylic acids is 1. The van der Waals surface area contributed by atoms with E-state index in [1.807, 2.05) is 30.1 Å². The predicted molar refractivity (Wildman–Crippen MR) is 90.7 cm³/mol. The van der Waals surface area contributed by atoms with Gasteiger partial charge in [0.1, 0.15) is 0 Å². The third-order valence-corrected chi connectivity index (χ3v) is 5.64. The number of aromatic nitrogens is 1. The number of amides is 1. The molecular weight excluding hydrogens is 294 g/mol. The third-order valence-electron chi connectivity index (χ3n) is 4.70. The summed E-state index contributed by atoms with van der Waals surface area (Å²) < 4.78 is 0. The Balaban J connectivity index is 1.41. The molecule has 2 fully saturated rings. The summed E-state index contributed by atoms with van der Waals surface area (Å²) in [6.45, 7) is 2.72. The minimum atomic E-state index is 0.260. The molecule has 1 N–H and O–H groups in total. The lowest BCUT2D eigenvalue weighted by Gasteiger charge is -2.34. The van der Waals surface area contributed by atoms with Gasteiger partial charge in [0.2, 0.25) is 5.91 Å². The Hall–Kier alpha value is -1.07. The van der Waals surface area contributed by atoms with Crippen molar-refractivity contribution >= 4 is 17.7 Å². The van der Waals surface area contributed by atoms with Crippen LogP contribution in [0.5, 0.6) is 0 Å². The molecule has 1 amide bonds. The van der Waals surface area contributed by atoms with Crippen LogP contribution in [0.2, 0.25) is 0 Å². The second-order valence-electron chi connectivity index (χ2n) is 6.19. The molecule has 0 aromatic carbocycles. The maximum absolute atomic E-state index is 12.5. The maximum Gasteiger partial charge on any atom is 0.225 e. The summed E-state index contributed by atoms with van der Waals surface area (Å²) in [6, 6.07) is 6.55. The summed E-state index contributed by atoms with van der Waals surface area (Å²) in [7, 11) is 0. The quantitative estimate of drug-likeness (QED) is 0.925. The molecule has 1 saturated heterocycles. The van der Waals surface area contributed by atoms with E-state index in [2.05, 4.69) is 21.3 Å². The molecule has 1 aliphatic heterocycles. The van der Waals surface area contributed by atoms with Gasteiger partial charge in [-0.15, -0.1) is 0 Å². The van der Waals surface area contributed by atoms with Gasteiger partial charge in [0.25, 0.3) is 0 Å². The van der Waals surface area contributed by atoms with E-state index in [4.69, 9.17) is 0 Å². The highest BCUT2D eigenvalue weighted by Crippen LogP contribution is 2.27. The molecule has 1 aliphatic carbocycles. The van der Waals surface area contributed by atoms with Crippen LogP contribution in [0.15, 0.2) is 24.4 Å². The van der Waals surface area contributed by atoms with Gasteiger partial charge in [0.05, 0.1) is 5.69 Å². The Bertz CT molecular complexity index is 468. The second kappa shape index (κ2) is 7.97. The van der Waals surface area contributed by atoms with Crippen molar-refractivity contribution in [3.8, 4) is 0 Å². The molecular formula is C17H25N3OS. The highest BCUT2D eigenvalue weighted by atomic mass is 32.2. The average Bonchev–Trinajstić information content (AvgIpc) is 2.61. The molecule has 0 atom stereocenters. The lowest BCUT2D eigenvalue weighted by molar-refractivity contribution is -0.136. The highest BCUT2D eigenvalue weighted by Gasteiger charge is 2.29. The molecule has 0 bridgehead atoms. The van der Waals surface area contributed by atoms with Gasteiger partial charge < -0.3 is 10.2 Å². The van der Waals surface area contributed by atoms with Crippen LogP contribution in [0.1, 0.15) is 31.4 Å². The monoisotopic (exact) mass is 319 g/mol. The van der Waals surface area contributed by atoms with Crippen LogP contribution in [-0.2, 0) is 11.3 Å². The van der Waals surface area contributed by atoms with Crippen LogP contribution in [0.4, 0.5) is 0 Å². The molecule has 1 saturated carbocycles. The number of nitrogens with one attached hydrogen (secondary N) is 1. The summed E-state index contributed by atoms with van der Waals surface area (Å²) >= 11 is 1.96. The normalized spacial score (nSPS) is 25.9. The molecule has 0 spiro atoms. The Morgan fingerprint density at radius 1 is 1.23 bits per heavy atom.